The molecular weight excluding hydrogens is 176 g/mol. The van der Waals surface area contributed by atoms with E-state index in [1.165, 1.54) is 12.8 Å². The van der Waals surface area contributed by atoms with Gasteiger partial charge in [-0.3, -0.25) is 0 Å². The number of aliphatic hydroxyl groups is 1. The maximum absolute atomic E-state index is 9.19. The molecule has 0 aromatic heterocycles. The van der Waals surface area contributed by atoms with Crippen LogP contribution in [0.5, 0.6) is 0 Å². The van der Waals surface area contributed by atoms with Gasteiger partial charge in [0.1, 0.15) is 0 Å². The zero-order valence-electron chi connectivity index (χ0n) is 9.37. The van der Waals surface area contributed by atoms with Gasteiger partial charge >= 0.3 is 0 Å². The first-order chi connectivity index (χ1) is 6.69. The highest BCUT2D eigenvalue weighted by Gasteiger charge is 2.28. The van der Waals surface area contributed by atoms with Crippen LogP contribution in [-0.4, -0.2) is 30.3 Å². The molecular formula is C11H24N2O. The lowest BCUT2D eigenvalue weighted by molar-refractivity contribution is 0.194. The first kappa shape index (κ1) is 12.0. The van der Waals surface area contributed by atoms with E-state index in [4.69, 9.17) is 5.73 Å². The third-order valence-electron chi connectivity index (χ3n) is 3.38. The van der Waals surface area contributed by atoms with Crippen LogP contribution >= 0.6 is 0 Å². The van der Waals surface area contributed by atoms with Crippen LogP contribution in [0.4, 0.5) is 0 Å². The highest BCUT2D eigenvalue weighted by Crippen LogP contribution is 2.25. The van der Waals surface area contributed by atoms with Crippen molar-refractivity contribution in [3.8, 4) is 0 Å². The molecule has 3 nitrogen and oxygen atoms in total. The maximum atomic E-state index is 9.19. The van der Waals surface area contributed by atoms with Gasteiger partial charge in [-0.25, -0.2) is 0 Å². The summed E-state index contributed by atoms with van der Waals surface area (Å²) in [4.78, 5) is 0. The fourth-order valence-electron chi connectivity index (χ4n) is 2.28. The zero-order valence-corrected chi connectivity index (χ0v) is 9.37. The lowest BCUT2D eigenvalue weighted by Gasteiger charge is -2.28. The van der Waals surface area contributed by atoms with Crippen molar-refractivity contribution in [2.24, 2.45) is 17.6 Å². The summed E-state index contributed by atoms with van der Waals surface area (Å²) >= 11 is 0. The van der Waals surface area contributed by atoms with Gasteiger partial charge in [-0.2, -0.15) is 0 Å². The molecule has 1 aliphatic carbocycles. The summed E-state index contributed by atoms with van der Waals surface area (Å²) in [5, 5.41) is 12.8. The van der Waals surface area contributed by atoms with E-state index in [0.717, 1.165) is 6.42 Å². The number of hydrogen-bond donors (Lipinski definition) is 3. The highest BCUT2D eigenvalue weighted by molar-refractivity contribution is 4.86. The Kier molecular flexibility index (Phi) is 4.85. The van der Waals surface area contributed by atoms with Crippen molar-refractivity contribution >= 4 is 0 Å². The van der Waals surface area contributed by atoms with Gasteiger partial charge in [0.05, 0.1) is 0 Å². The molecule has 4 N–H and O–H groups in total. The summed E-state index contributed by atoms with van der Waals surface area (Å²) in [6, 6.07) is 0.878. The van der Waals surface area contributed by atoms with Crippen LogP contribution in [0, 0.1) is 11.8 Å². The molecule has 0 heterocycles. The summed E-state index contributed by atoms with van der Waals surface area (Å²) in [6.07, 6.45) is 3.58. The normalized spacial score (nSPS) is 29.8. The highest BCUT2D eigenvalue weighted by atomic mass is 16.3. The van der Waals surface area contributed by atoms with Crippen LogP contribution < -0.4 is 11.1 Å². The van der Waals surface area contributed by atoms with Gasteiger partial charge in [-0.1, -0.05) is 20.3 Å². The lowest BCUT2D eigenvalue weighted by atomic mass is 9.99. The third-order valence-corrected chi connectivity index (χ3v) is 3.38. The molecule has 0 aliphatic heterocycles. The minimum atomic E-state index is 0.313. The second-order valence-corrected chi connectivity index (χ2v) is 4.73. The van der Waals surface area contributed by atoms with Crippen LogP contribution in [0.3, 0.4) is 0 Å². The fourth-order valence-corrected chi connectivity index (χ4v) is 2.28. The van der Waals surface area contributed by atoms with E-state index in [2.05, 4.69) is 19.2 Å². The molecule has 0 amide bonds. The molecule has 0 radical (unpaired) electrons. The molecule has 0 spiro atoms. The molecule has 1 fully saturated rings. The SMILES string of the molecule is CC(C)C(CN)NC1CCCC1CO. The molecule has 0 bridgehead atoms. The average molecular weight is 200 g/mol. The van der Waals surface area contributed by atoms with Gasteiger partial charge in [-0.15, -0.1) is 0 Å². The molecule has 3 heteroatoms. The second kappa shape index (κ2) is 5.69. The Morgan fingerprint density at radius 3 is 2.64 bits per heavy atom. The van der Waals surface area contributed by atoms with Crippen molar-refractivity contribution in [1.29, 1.82) is 0 Å². The summed E-state index contributed by atoms with van der Waals surface area (Å²) < 4.78 is 0. The van der Waals surface area contributed by atoms with E-state index < -0.39 is 0 Å². The Bertz CT molecular complexity index is 161. The standard InChI is InChI=1S/C11H24N2O/c1-8(2)11(6-12)13-10-5-3-4-9(10)7-14/h8-11,13-14H,3-7,12H2,1-2H3. The van der Waals surface area contributed by atoms with Crippen LogP contribution in [0.25, 0.3) is 0 Å². The number of aliphatic hydroxyl groups excluding tert-OH is 1. The van der Waals surface area contributed by atoms with Gasteiger partial charge in [0.2, 0.25) is 0 Å². The molecule has 1 aliphatic rings. The third kappa shape index (κ3) is 2.94. The predicted octanol–water partition coefficient (Wildman–Crippen LogP) is 0.720. The molecule has 1 rings (SSSR count). The number of rotatable bonds is 5. The fraction of sp³-hybridized carbons (Fsp3) is 1.00. The van der Waals surface area contributed by atoms with Crippen molar-refractivity contribution in [1.82, 2.24) is 5.32 Å². The molecule has 0 aromatic carbocycles. The average Bonchev–Trinajstić information content (AvgIpc) is 2.60. The summed E-state index contributed by atoms with van der Waals surface area (Å²) in [7, 11) is 0. The Balaban J connectivity index is 2.41. The molecule has 3 atom stereocenters. The van der Waals surface area contributed by atoms with Gasteiger partial charge in [0.25, 0.3) is 0 Å². The van der Waals surface area contributed by atoms with E-state index in [9.17, 15) is 5.11 Å². The van der Waals surface area contributed by atoms with Crippen molar-refractivity contribution in [3.05, 3.63) is 0 Å². The number of nitrogens with one attached hydrogen (secondary N) is 1. The van der Waals surface area contributed by atoms with E-state index in [-0.39, 0.29) is 0 Å². The van der Waals surface area contributed by atoms with Crippen LogP contribution in [0.2, 0.25) is 0 Å². The van der Waals surface area contributed by atoms with E-state index in [1.54, 1.807) is 0 Å². The summed E-state index contributed by atoms with van der Waals surface area (Å²) in [5.74, 6) is 1.02. The summed E-state index contributed by atoms with van der Waals surface area (Å²) in [5.41, 5.74) is 5.71. The topological polar surface area (TPSA) is 58.3 Å². The monoisotopic (exact) mass is 200 g/mol. The lowest BCUT2D eigenvalue weighted by Crippen LogP contribution is -2.47. The maximum Gasteiger partial charge on any atom is 0.0474 e. The molecule has 0 aromatic rings. The quantitative estimate of drug-likeness (QED) is 0.613. The van der Waals surface area contributed by atoms with E-state index >= 15 is 0 Å². The zero-order chi connectivity index (χ0) is 10.6. The molecule has 14 heavy (non-hydrogen) atoms. The first-order valence-electron chi connectivity index (χ1n) is 5.76. The van der Waals surface area contributed by atoms with Gasteiger partial charge in [0.15, 0.2) is 0 Å². The smallest absolute Gasteiger partial charge is 0.0474 e. The first-order valence-corrected chi connectivity index (χ1v) is 5.76. The molecule has 1 saturated carbocycles. The van der Waals surface area contributed by atoms with Crippen molar-refractivity contribution in [2.75, 3.05) is 13.2 Å². The van der Waals surface area contributed by atoms with Gasteiger partial charge in [0, 0.05) is 25.2 Å². The van der Waals surface area contributed by atoms with Gasteiger partial charge in [-0.05, 0) is 24.7 Å². The minimum Gasteiger partial charge on any atom is -0.396 e. The molecule has 3 unspecified atom stereocenters. The van der Waals surface area contributed by atoms with Crippen LogP contribution in [0.15, 0.2) is 0 Å². The molecule has 84 valence electrons. The van der Waals surface area contributed by atoms with Crippen molar-refractivity contribution < 1.29 is 5.11 Å². The Morgan fingerprint density at radius 2 is 2.14 bits per heavy atom. The number of hydrogen-bond acceptors (Lipinski definition) is 3. The number of nitrogens with two attached hydrogens (primary N) is 1. The Morgan fingerprint density at radius 1 is 1.43 bits per heavy atom. The molecule has 0 saturated heterocycles. The largest absolute Gasteiger partial charge is 0.396 e. The Labute approximate surface area is 87.1 Å². The van der Waals surface area contributed by atoms with E-state index in [1.807, 2.05) is 0 Å². The second-order valence-electron chi connectivity index (χ2n) is 4.73. The Hall–Kier alpha value is -0.120. The predicted molar refractivity (Wildman–Crippen MR) is 59.0 cm³/mol. The van der Waals surface area contributed by atoms with Gasteiger partial charge < -0.3 is 16.2 Å². The van der Waals surface area contributed by atoms with E-state index in [0.29, 0.717) is 37.1 Å². The van der Waals surface area contributed by atoms with Crippen LogP contribution in [0.1, 0.15) is 33.1 Å². The minimum absolute atomic E-state index is 0.313. The van der Waals surface area contributed by atoms with Crippen molar-refractivity contribution in [3.63, 3.8) is 0 Å². The van der Waals surface area contributed by atoms with Crippen molar-refractivity contribution in [2.45, 2.75) is 45.2 Å². The van der Waals surface area contributed by atoms with Crippen LogP contribution in [-0.2, 0) is 0 Å². The summed E-state index contributed by atoms with van der Waals surface area (Å²) in [6.45, 7) is 5.38.